The molecule has 0 spiro atoms. The first kappa shape index (κ1) is 10.5. The number of hydrogen-bond acceptors (Lipinski definition) is 5. The molecule has 0 unspecified atom stereocenters. The largest absolute Gasteiger partial charge is 0.145 e. The van der Waals surface area contributed by atoms with Crippen molar-refractivity contribution in [3.8, 4) is 0 Å². The fourth-order valence-electron chi connectivity index (χ4n) is 0.551. The van der Waals surface area contributed by atoms with Gasteiger partial charge in [0, 0.05) is 0 Å². The van der Waals surface area contributed by atoms with Gasteiger partial charge in [-0.3, -0.25) is 0 Å². The summed E-state index contributed by atoms with van der Waals surface area (Å²) in [5.41, 5.74) is 0. The minimum atomic E-state index is 0.962. The van der Waals surface area contributed by atoms with Crippen molar-refractivity contribution in [2.45, 2.75) is 8.42 Å². The van der Waals surface area contributed by atoms with Crippen LogP contribution in [-0.4, -0.2) is 0 Å². The molecular formula is C7H6S5. The van der Waals surface area contributed by atoms with E-state index in [-0.39, 0.29) is 0 Å². The minimum Gasteiger partial charge on any atom is -0.105 e. The Kier molecular flexibility index (Phi) is 4.60. The van der Waals surface area contributed by atoms with Crippen LogP contribution < -0.4 is 0 Å². The van der Waals surface area contributed by atoms with E-state index in [1.807, 2.05) is 10.8 Å². The lowest BCUT2D eigenvalue weighted by atomic mass is 11.1. The Bertz CT molecular complexity index is 301. The van der Waals surface area contributed by atoms with Crippen LogP contribution in [0, 0.1) is 3.14 Å². The van der Waals surface area contributed by atoms with Gasteiger partial charge in [-0.15, -0.1) is 22.7 Å². The monoisotopic (exact) mass is 250 g/mol. The smallest absolute Gasteiger partial charge is 0.105 e. The Balaban J connectivity index is 2.98. The molecule has 0 N–H and O–H groups in total. The zero-order valence-corrected chi connectivity index (χ0v) is 10.2. The van der Waals surface area contributed by atoms with Gasteiger partial charge in [0.25, 0.3) is 0 Å². The zero-order valence-electron chi connectivity index (χ0n) is 6.11. The van der Waals surface area contributed by atoms with Crippen LogP contribution in [0.1, 0.15) is 0 Å². The highest BCUT2D eigenvalue weighted by Crippen LogP contribution is 2.40. The van der Waals surface area contributed by atoms with E-state index in [9.17, 15) is 0 Å². The van der Waals surface area contributed by atoms with Gasteiger partial charge in [-0.05, 0) is 10.8 Å². The van der Waals surface area contributed by atoms with Crippen molar-refractivity contribution in [2.24, 2.45) is 0 Å². The van der Waals surface area contributed by atoms with Crippen LogP contribution in [0.15, 0.2) is 32.4 Å². The third-order valence-electron chi connectivity index (χ3n) is 0.899. The highest BCUT2D eigenvalue weighted by Gasteiger charge is 2.04. The predicted octanol–water partition coefficient (Wildman–Crippen LogP) is 5.01. The summed E-state index contributed by atoms with van der Waals surface area (Å²) in [6.07, 6.45) is 0. The number of thioether (sulfide) groups is 2. The van der Waals surface area contributed by atoms with Crippen LogP contribution in [0.25, 0.3) is 0 Å². The van der Waals surface area contributed by atoms with Crippen LogP contribution in [0.5, 0.6) is 0 Å². The zero-order chi connectivity index (χ0) is 8.97. The van der Waals surface area contributed by atoms with Crippen molar-refractivity contribution >= 4 is 58.4 Å². The van der Waals surface area contributed by atoms with Gasteiger partial charge in [0.2, 0.25) is 0 Å². The molecule has 0 nitrogen and oxygen atoms in total. The molecule has 0 saturated heterocycles. The lowest BCUT2D eigenvalue weighted by molar-refractivity contribution is 1.54. The molecule has 5 heteroatoms. The standard InChI is InChI=1S/C7H6S5/c1-3-9-5-6(10-4-2)12-7(8)11-5/h3-4H,1-2H2. The first-order chi connectivity index (χ1) is 5.77. The molecular weight excluding hydrogens is 244 g/mol. The average molecular weight is 250 g/mol. The van der Waals surface area contributed by atoms with Crippen molar-refractivity contribution in [1.82, 2.24) is 0 Å². The molecule has 1 aromatic rings. The summed E-state index contributed by atoms with van der Waals surface area (Å²) < 4.78 is 3.42. The molecule has 0 aliphatic rings. The Morgan fingerprint density at radius 2 is 1.50 bits per heavy atom. The lowest BCUT2D eigenvalue weighted by Crippen LogP contribution is -1.58. The third kappa shape index (κ3) is 2.74. The molecule has 0 aliphatic heterocycles. The fourth-order valence-corrected chi connectivity index (χ4v) is 5.69. The van der Waals surface area contributed by atoms with Gasteiger partial charge in [0.05, 0.1) is 8.42 Å². The van der Waals surface area contributed by atoms with Crippen LogP contribution in [-0.2, 0) is 0 Å². The van der Waals surface area contributed by atoms with E-state index in [2.05, 4.69) is 13.2 Å². The minimum absolute atomic E-state index is 0.962. The molecule has 1 aromatic heterocycles. The van der Waals surface area contributed by atoms with E-state index in [1.54, 1.807) is 46.2 Å². The van der Waals surface area contributed by atoms with E-state index in [0.29, 0.717) is 0 Å². The Hall–Kier alpha value is 0.450. The first-order valence-corrected chi connectivity index (χ1v) is 6.77. The van der Waals surface area contributed by atoms with E-state index in [1.165, 1.54) is 8.42 Å². The maximum absolute atomic E-state index is 5.09. The predicted molar refractivity (Wildman–Crippen MR) is 65.1 cm³/mol. The van der Waals surface area contributed by atoms with Crippen LogP contribution >= 0.6 is 58.4 Å². The molecule has 64 valence electrons. The van der Waals surface area contributed by atoms with Gasteiger partial charge in [0.15, 0.2) is 0 Å². The Morgan fingerprint density at radius 3 is 1.83 bits per heavy atom. The van der Waals surface area contributed by atoms with Gasteiger partial charge in [-0.1, -0.05) is 48.9 Å². The summed E-state index contributed by atoms with van der Waals surface area (Å²) in [4.78, 5) is 0. The summed E-state index contributed by atoms with van der Waals surface area (Å²) in [5, 5.41) is 3.64. The second-order valence-electron chi connectivity index (χ2n) is 1.60. The molecule has 0 atom stereocenters. The molecule has 0 aliphatic carbocycles. The van der Waals surface area contributed by atoms with Crippen molar-refractivity contribution in [3.05, 3.63) is 27.1 Å². The SMILES string of the molecule is C=CSc1sc(=S)sc1SC=C. The molecule has 0 fully saturated rings. The summed E-state index contributed by atoms with van der Waals surface area (Å²) in [6.45, 7) is 7.34. The quantitative estimate of drug-likeness (QED) is 0.544. The first-order valence-electron chi connectivity index (χ1n) is 2.97. The van der Waals surface area contributed by atoms with Crippen LogP contribution in [0.3, 0.4) is 0 Å². The van der Waals surface area contributed by atoms with Crippen molar-refractivity contribution in [2.75, 3.05) is 0 Å². The molecule has 12 heavy (non-hydrogen) atoms. The van der Waals surface area contributed by atoms with E-state index < -0.39 is 0 Å². The molecule has 0 amide bonds. The molecule has 0 radical (unpaired) electrons. The second-order valence-corrected chi connectivity index (χ2v) is 7.29. The van der Waals surface area contributed by atoms with Crippen molar-refractivity contribution < 1.29 is 0 Å². The average Bonchev–Trinajstić information content (AvgIpc) is 2.33. The lowest BCUT2D eigenvalue weighted by Gasteiger charge is -1.92. The molecule has 0 saturated carbocycles. The Morgan fingerprint density at radius 1 is 1.08 bits per heavy atom. The van der Waals surface area contributed by atoms with E-state index >= 15 is 0 Å². The second kappa shape index (κ2) is 5.24. The maximum atomic E-state index is 5.09. The Labute approximate surface area is 93.4 Å². The molecule has 1 heterocycles. The van der Waals surface area contributed by atoms with Crippen LogP contribution in [0.4, 0.5) is 0 Å². The van der Waals surface area contributed by atoms with Gasteiger partial charge < -0.3 is 0 Å². The number of hydrogen-bond donors (Lipinski definition) is 0. The fraction of sp³-hybridized carbons (Fsp3) is 0. The molecule has 1 rings (SSSR count). The van der Waals surface area contributed by atoms with Crippen molar-refractivity contribution in [3.63, 3.8) is 0 Å². The summed E-state index contributed by atoms with van der Waals surface area (Å²) in [5.74, 6) is 0. The third-order valence-corrected chi connectivity index (χ3v) is 5.78. The van der Waals surface area contributed by atoms with Gasteiger partial charge in [-0.25, -0.2) is 0 Å². The van der Waals surface area contributed by atoms with E-state index in [0.717, 1.165) is 3.14 Å². The van der Waals surface area contributed by atoms with Crippen LogP contribution in [0.2, 0.25) is 0 Å². The normalized spacial score (nSPS) is 9.67. The van der Waals surface area contributed by atoms with E-state index in [4.69, 9.17) is 12.2 Å². The maximum Gasteiger partial charge on any atom is 0.145 e. The molecule has 0 aromatic carbocycles. The van der Waals surface area contributed by atoms with Gasteiger partial charge >= 0.3 is 0 Å². The van der Waals surface area contributed by atoms with Gasteiger partial charge in [-0.2, -0.15) is 0 Å². The highest BCUT2D eigenvalue weighted by molar-refractivity contribution is 8.07. The van der Waals surface area contributed by atoms with Gasteiger partial charge in [0.1, 0.15) is 3.14 Å². The summed E-state index contributed by atoms with van der Waals surface area (Å²) >= 11 is 11.6. The van der Waals surface area contributed by atoms with Crippen molar-refractivity contribution in [1.29, 1.82) is 0 Å². The highest BCUT2D eigenvalue weighted by atomic mass is 32.2. The number of rotatable bonds is 4. The summed E-state index contributed by atoms with van der Waals surface area (Å²) in [7, 11) is 0. The topological polar surface area (TPSA) is 0 Å². The summed E-state index contributed by atoms with van der Waals surface area (Å²) in [6, 6.07) is 0. The molecule has 0 bridgehead atoms.